The zero-order valence-electron chi connectivity index (χ0n) is 7.86. The smallest absolute Gasteiger partial charge is 0.0368 e. The van der Waals surface area contributed by atoms with Crippen LogP contribution in [0.2, 0.25) is 0 Å². The lowest BCUT2D eigenvalue weighted by Crippen LogP contribution is -2.44. The van der Waals surface area contributed by atoms with Crippen LogP contribution in [0.5, 0.6) is 0 Å². The van der Waals surface area contributed by atoms with Gasteiger partial charge in [0.15, 0.2) is 0 Å². The predicted molar refractivity (Wildman–Crippen MR) is 48.6 cm³/mol. The Labute approximate surface area is 69.5 Å². The van der Waals surface area contributed by atoms with Crippen molar-refractivity contribution in [3.63, 3.8) is 0 Å². The van der Waals surface area contributed by atoms with E-state index in [-0.39, 0.29) is 11.5 Å². The van der Waals surface area contributed by atoms with Crippen LogP contribution in [0.25, 0.3) is 0 Å². The molecular weight excluding hydrogens is 136 g/mol. The van der Waals surface area contributed by atoms with Crippen molar-refractivity contribution in [2.24, 2.45) is 11.3 Å². The Hall–Kier alpha value is -0.520. The number of rotatable bonds is 2. The van der Waals surface area contributed by atoms with Gasteiger partial charge in [0, 0.05) is 12.5 Å². The topological polar surface area (TPSA) is 38.0 Å². The van der Waals surface area contributed by atoms with E-state index in [2.05, 4.69) is 38.0 Å². The highest BCUT2D eigenvalue weighted by Gasteiger charge is 2.21. The summed E-state index contributed by atoms with van der Waals surface area (Å²) in [7, 11) is 0. The third kappa shape index (κ3) is 4.02. The van der Waals surface area contributed by atoms with E-state index in [1.807, 2.05) is 6.92 Å². The number of hydrogen-bond acceptors (Lipinski definition) is 2. The Morgan fingerprint density at radius 3 is 2.27 bits per heavy atom. The number of hydrazine groups is 1. The van der Waals surface area contributed by atoms with Crippen molar-refractivity contribution in [1.29, 1.82) is 0 Å². The molecule has 0 bridgehead atoms. The molecule has 0 rings (SSSR count). The average molecular weight is 154 g/mol. The minimum absolute atomic E-state index is 0.179. The molecule has 0 saturated heterocycles. The van der Waals surface area contributed by atoms with Gasteiger partial charge in [-0.15, -0.1) is 11.8 Å². The van der Waals surface area contributed by atoms with Gasteiger partial charge in [0.1, 0.15) is 0 Å². The van der Waals surface area contributed by atoms with Crippen molar-refractivity contribution in [3.05, 3.63) is 0 Å². The predicted octanol–water partition coefficient (Wildman–Crippen LogP) is 1.28. The zero-order valence-corrected chi connectivity index (χ0v) is 7.86. The van der Waals surface area contributed by atoms with Gasteiger partial charge >= 0.3 is 0 Å². The molecule has 3 N–H and O–H groups in total. The molecule has 2 heteroatoms. The summed E-state index contributed by atoms with van der Waals surface area (Å²) in [6.45, 7) is 8.29. The van der Waals surface area contributed by atoms with Crippen LogP contribution >= 0.6 is 0 Å². The van der Waals surface area contributed by atoms with Crippen LogP contribution in [0.15, 0.2) is 0 Å². The first-order chi connectivity index (χ1) is 5.02. The van der Waals surface area contributed by atoms with Crippen molar-refractivity contribution >= 4 is 0 Å². The van der Waals surface area contributed by atoms with E-state index in [9.17, 15) is 0 Å². The van der Waals surface area contributed by atoms with Gasteiger partial charge in [-0.3, -0.25) is 11.3 Å². The van der Waals surface area contributed by atoms with Gasteiger partial charge in [-0.1, -0.05) is 20.8 Å². The van der Waals surface area contributed by atoms with Crippen molar-refractivity contribution < 1.29 is 0 Å². The second kappa shape index (κ2) is 4.38. The summed E-state index contributed by atoms with van der Waals surface area (Å²) >= 11 is 0. The Morgan fingerprint density at radius 2 is 2.00 bits per heavy atom. The van der Waals surface area contributed by atoms with Crippen molar-refractivity contribution in [3.8, 4) is 11.8 Å². The Morgan fingerprint density at radius 1 is 1.45 bits per heavy atom. The third-order valence-electron chi connectivity index (χ3n) is 1.73. The van der Waals surface area contributed by atoms with Gasteiger partial charge in [-0.2, -0.15) is 0 Å². The molecule has 0 fully saturated rings. The SMILES string of the molecule is CC#CCC(NN)C(C)(C)C. The molecule has 0 spiro atoms. The molecule has 0 heterocycles. The van der Waals surface area contributed by atoms with E-state index in [1.54, 1.807) is 0 Å². The number of nitrogens with two attached hydrogens (primary N) is 1. The monoisotopic (exact) mass is 154 g/mol. The third-order valence-corrected chi connectivity index (χ3v) is 1.73. The van der Waals surface area contributed by atoms with Crippen LogP contribution < -0.4 is 11.3 Å². The highest BCUT2D eigenvalue weighted by atomic mass is 15.2. The first-order valence-electron chi connectivity index (χ1n) is 3.88. The van der Waals surface area contributed by atoms with Gasteiger partial charge < -0.3 is 0 Å². The van der Waals surface area contributed by atoms with Crippen LogP contribution in [0.3, 0.4) is 0 Å². The highest BCUT2D eigenvalue weighted by Crippen LogP contribution is 2.20. The van der Waals surface area contributed by atoms with Crippen molar-refractivity contribution in [1.82, 2.24) is 5.43 Å². The summed E-state index contributed by atoms with van der Waals surface area (Å²) in [5.74, 6) is 11.3. The first-order valence-corrected chi connectivity index (χ1v) is 3.88. The standard InChI is InChI=1S/C9H18N2/c1-5-6-7-8(11-10)9(2,3)4/h8,11H,7,10H2,1-4H3. The quantitative estimate of drug-likeness (QED) is 0.357. The first kappa shape index (κ1) is 10.5. The Bertz CT molecular complexity index is 157. The maximum atomic E-state index is 5.38. The fraction of sp³-hybridized carbons (Fsp3) is 0.778. The largest absolute Gasteiger partial charge is 0.271 e. The summed E-state index contributed by atoms with van der Waals surface area (Å²) in [5, 5.41) is 0. The second-order valence-electron chi connectivity index (χ2n) is 3.72. The van der Waals surface area contributed by atoms with Crippen LogP contribution in [0.4, 0.5) is 0 Å². The second-order valence-corrected chi connectivity index (χ2v) is 3.72. The van der Waals surface area contributed by atoms with Crippen LogP contribution in [0.1, 0.15) is 34.1 Å². The summed E-state index contributed by atoms with van der Waals surface area (Å²) in [6.07, 6.45) is 0.816. The van der Waals surface area contributed by atoms with E-state index in [4.69, 9.17) is 5.84 Å². The minimum atomic E-state index is 0.179. The molecule has 0 aliphatic carbocycles. The molecule has 1 unspecified atom stereocenters. The van der Waals surface area contributed by atoms with E-state index in [0.29, 0.717) is 0 Å². The van der Waals surface area contributed by atoms with E-state index in [0.717, 1.165) is 6.42 Å². The minimum Gasteiger partial charge on any atom is -0.271 e. The molecule has 0 aromatic rings. The van der Waals surface area contributed by atoms with Crippen molar-refractivity contribution in [2.75, 3.05) is 0 Å². The molecule has 0 aliphatic heterocycles. The average Bonchev–Trinajstić information content (AvgIpc) is 1.87. The lowest BCUT2D eigenvalue weighted by atomic mass is 9.85. The Kier molecular flexibility index (Phi) is 4.17. The van der Waals surface area contributed by atoms with Gasteiger partial charge in [-0.25, -0.2) is 0 Å². The highest BCUT2D eigenvalue weighted by molar-refractivity contribution is 5.00. The summed E-state index contributed by atoms with van der Waals surface area (Å²) in [4.78, 5) is 0. The molecule has 11 heavy (non-hydrogen) atoms. The molecule has 0 aliphatic rings. The van der Waals surface area contributed by atoms with Gasteiger partial charge in [0.05, 0.1) is 0 Å². The molecular formula is C9H18N2. The van der Waals surface area contributed by atoms with E-state index >= 15 is 0 Å². The molecule has 0 radical (unpaired) electrons. The summed E-state index contributed by atoms with van der Waals surface area (Å²) in [5.41, 5.74) is 2.95. The fourth-order valence-corrected chi connectivity index (χ4v) is 0.819. The van der Waals surface area contributed by atoms with Crippen molar-refractivity contribution in [2.45, 2.75) is 40.2 Å². The van der Waals surface area contributed by atoms with Crippen LogP contribution in [-0.2, 0) is 0 Å². The lowest BCUT2D eigenvalue weighted by Gasteiger charge is -2.28. The summed E-state index contributed by atoms with van der Waals surface area (Å²) in [6, 6.07) is 0.273. The normalized spacial score (nSPS) is 13.5. The van der Waals surface area contributed by atoms with Gasteiger partial charge in [-0.05, 0) is 12.3 Å². The zero-order chi connectivity index (χ0) is 8.91. The van der Waals surface area contributed by atoms with Crippen LogP contribution in [0, 0.1) is 17.3 Å². The van der Waals surface area contributed by atoms with Gasteiger partial charge in [0.25, 0.3) is 0 Å². The molecule has 0 saturated carbocycles. The molecule has 64 valence electrons. The van der Waals surface area contributed by atoms with E-state index in [1.165, 1.54) is 0 Å². The lowest BCUT2D eigenvalue weighted by molar-refractivity contribution is 0.275. The number of hydrogen-bond donors (Lipinski definition) is 2. The molecule has 0 amide bonds. The van der Waals surface area contributed by atoms with Gasteiger partial charge in [0.2, 0.25) is 0 Å². The molecule has 0 aromatic heterocycles. The van der Waals surface area contributed by atoms with Crippen LogP contribution in [-0.4, -0.2) is 6.04 Å². The fourth-order valence-electron chi connectivity index (χ4n) is 0.819. The molecule has 2 nitrogen and oxygen atoms in total. The number of nitrogens with one attached hydrogen (secondary N) is 1. The maximum absolute atomic E-state index is 5.38. The summed E-state index contributed by atoms with van der Waals surface area (Å²) < 4.78 is 0. The molecule has 0 aromatic carbocycles. The maximum Gasteiger partial charge on any atom is 0.0368 e. The Balaban J connectivity index is 4.03. The van der Waals surface area contributed by atoms with E-state index < -0.39 is 0 Å². The molecule has 1 atom stereocenters.